The third-order valence-corrected chi connectivity index (χ3v) is 4.55. The molecule has 1 unspecified atom stereocenters. The second-order valence-electron chi connectivity index (χ2n) is 6.34. The van der Waals surface area contributed by atoms with E-state index in [0.29, 0.717) is 23.4 Å². The number of alkyl halides is 1. The highest BCUT2D eigenvalue weighted by Crippen LogP contribution is 2.27. The summed E-state index contributed by atoms with van der Waals surface area (Å²) in [5.41, 5.74) is 4.49. The van der Waals surface area contributed by atoms with Crippen LogP contribution in [0.4, 0.5) is 4.39 Å². The lowest BCUT2D eigenvalue weighted by Crippen LogP contribution is -2.23. The molecule has 3 rings (SSSR count). The second kappa shape index (κ2) is 7.15. The van der Waals surface area contributed by atoms with Crippen LogP contribution in [0.25, 0.3) is 11.0 Å². The van der Waals surface area contributed by atoms with E-state index in [1.54, 1.807) is 31.6 Å². The number of amides is 1. The summed E-state index contributed by atoms with van der Waals surface area (Å²) in [6.07, 6.45) is 0.675. The highest BCUT2D eigenvalue weighted by atomic mass is 19.1. The molecule has 1 N–H and O–H groups in total. The Kier molecular flexibility index (Phi) is 4.93. The van der Waals surface area contributed by atoms with Crippen molar-refractivity contribution in [1.29, 1.82) is 0 Å². The number of nitrogens with one attached hydrogen (secondary N) is 1. The van der Waals surface area contributed by atoms with Crippen molar-refractivity contribution in [2.24, 2.45) is 7.05 Å². The summed E-state index contributed by atoms with van der Waals surface area (Å²) >= 11 is 0. The molecule has 6 heteroatoms. The van der Waals surface area contributed by atoms with E-state index in [4.69, 9.17) is 4.74 Å². The third-order valence-electron chi connectivity index (χ3n) is 4.55. The number of hydrogen-bond donors (Lipinski definition) is 1. The highest BCUT2D eigenvalue weighted by molar-refractivity contribution is 5.94. The first-order valence-electron chi connectivity index (χ1n) is 8.42. The Morgan fingerprint density at radius 1 is 1.35 bits per heavy atom. The van der Waals surface area contributed by atoms with Crippen LogP contribution in [0.15, 0.2) is 36.7 Å². The summed E-state index contributed by atoms with van der Waals surface area (Å²) in [7, 11) is 3.50. The summed E-state index contributed by atoms with van der Waals surface area (Å²) in [6.45, 7) is 3.60. The summed E-state index contributed by atoms with van der Waals surface area (Å²) in [5, 5.41) is 2.92. The van der Waals surface area contributed by atoms with E-state index in [2.05, 4.69) is 10.3 Å². The van der Waals surface area contributed by atoms with Crippen molar-refractivity contribution in [2.75, 3.05) is 7.11 Å². The van der Waals surface area contributed by atoms with Crippen LogP contribution in [0.2, 0.25) is 0 Å². The Morgan fingerprint density at radius 3 is 2.77 bits per heavy atom. The van der Waals surface area contributed by atoms with Crippen LogP contribution in [-0.4, -0.2) is 22.6 Å². The summed E-state index contributed by atoms with van der Waals surface area (Å²) in [4.78, 5) is 16.9. The van der Waals surface area contributed by atoms with Crippen LogP contribution in [0.1, 0.15) is 40.1 Å². The number of benzene rings is 2. The molecule has 0 spiro atoms. The molecule has 1 heterocycles. The minimum Gasteiger partial charge on any atom is -0.496 e. The first-order chi connectivity index (χ1) is 12.4. The predicted octanol–water partition coefficient (Wildman–Crippen LogP) is 3.85. The average molecular weight is 355 g/mol. The summed E-state index contributed by atoms with van der Waals surface area (Å²) in [6, 6.07) is 8.76. The Morgan fingerprint density at radius 2 is 2.12 bits per heavy atom. The number of fused-ring (bicyclic) bond motifs is 1. The zero-order chi connectivity index (χ0) is 18.8. The number of imidazole rings is 1. The number of carbonyl (C=O) groups excluding carboxylic acids is 1. The van der Waals surface area contributed by atoms with E-state index in [0.717, 1.165) is 22.2 Å². The fourth-order valence-electron chi connectivity index (χ4n) is 3.21. The molecular weight excluding hydrogens is 333 g/mol. The minimum atomic E-state index is -1.06. The van der Waals surface area contributed by atoms with Gasteiger partial charge >= 0.3 is 0 Å². The van der Waals surface area contributed by atoms with E-state index in [-0.39, 0.29) is 5.91 Å². The maximum atomic E-state index is 13.5. The van der Waals surface area contributed by atoms with Gasteiger partial charge in [-0.15, -0.1) is 0 Å². The molecule has 26 heavy (non-hydrogen) atoms. The number of aryl methyl sites for hydroxylation is 2. The number of carbonyl (C=O) groups is 1. The number of rotatable bonds is 5. The average Bonchev–Trinajstić information content (AvgIpc) is 3.00. The lowest BCUT2D eigenvalue weighted by Gasteiger charge is -2.13. The third kappa shape index (κ3) is 3.27. The Hall–Kier alpha value is -2.89. The zero-order valence-corrected chi connectivity index (χ0v) is 15.3. The lowest BCUT2D eigenvalue weighted by atomic mass is 10.0. The molecule has 1 atom stereocenters. The molecule has 3 aromatic rings. The lowest BCUT2D eigenvalue weighted by molar-refractivity contribution is 0.0950. The predicted molar refractivity (Wildman–Crippen MR) is 99.1 cm³/mol. The smallest absolute Gasteiger partial charge is 0.251 e. The van der Waals surface area contributed by atoms with E-state index >= 15 is 0 Å². The molecule has 0 aliphatic rings. The van der Waals surface area contributed by atoms with Crippen molar-refractivity contribution >= 4 is 16.9 Å². The number of ether oxygens (including phenoxy) is 1. The normalized spacial score (nSPS) is 12.2. The van der Waals surface area contributed by atoms with Crippen LogP contribution in [0, 0.1) is 6.92 Å². The van der Waals surface area contributed by atoms with Gasteiger partial charge in [-0.3, -0.25) is 4.79 Å². The van der Waals surface area contributed by atoms with Crippen molar-refractivity contribution in [3.8, 4) is 5.75 Å². The monoisotopic (exact) mass is 355 g/mol. The summed E-state index contributed by atoms with van der Waals surface area (Å²) < 4.78 is 20.9. The minimum absolute atomic E-state index is 0.215. The van der Waals surface area contributed by atoms with Crippen molar-refractivity contribution in [3.63, 3.8) is 0 Å². The molecule has 0 saturated heterocycles. The molecule has 0 aliphatic heterocycles. The molecule has 1 amide bonds. The number of hydrogen-bond acceptors (Lipinski definition) is 3. The topological polar surface area (TPSA) is 56.1 Å². The fraction of sp³-hybridized carbons (Fsp3) is 0.300. The molecule has 1 aromatic heterocycles. The van der Waals surface area contributed by atoms with Crippen molar-refractivity contribution < 1.29 is 13.9 Å². The standard InChI is InChI=1S/C20H22FN3O2/c1-12-9-14(5-6-15(12)13(2)21)20(25)22-10-16-18(26-4)8-7-17-19(16)24(3)11-23-17/h5-9,11,13H,10H2,1-4H3,(H,22,25). The summed E-state index contributed by atoms with van der Waals surface area (Å²) in [5.74, 6) is 0.478. The van der Waals surface area contributed by atoms with Crippen LogP contribution >= 0.6 is 0 Å². The molecular formula is C20H22FN3O2. The Bertz CT molecular complexity index is 963. The number of methoxy groups -OCH3 is 1. The van der Waals surface area contributed by atoms with E-state index in [1.807, 2.05) is 30.7 Å². The van der Waals surface area contributed by atoms with E-state index < -0.39 is 6.17 Å². The van der Waals surface area contributed by atoms with Crippen molar-refractivity contribution in [3.05, 3.63) is 58.9 Å². The van der Waals surface area contributed by atoms with Gasteiger partial charge in [0.05, 0.1) is 24.5 Å². The second-order valence-corrected chi connectivity index (χ2v) is 6.34. The first-order valence-corrected chi connectivity index (χ1v) is 8.42. The zero-order valence-electron chi connectivity index (χ0n) is 15.3. The van der Waals surface area contributed by atoms with E-state index in [9.17, 15) is 9.18 Å². The molecule has 0 saturated carbocycles. The Balaban J connectivity index is 1.85. The quantitative estimate of drug-likeness (QED) is 0.756. The van der Waals surface area contributed by atoms with Gasteiger partial charge in [-0.25, -0.2) is 9.37 Å². The molecule has 5 nitrogen and oxygen atoms in total. The van der Waals surface area contributed by atoms with Gasteiger partial charge in [-0.05, 0) is 49.2 Å². The van der Waals surface area contributed by atoms with Gasteiger partial charge in [-0.1, -0.05) is 6.07 Å². The van der Waals surface area contributed by atoms with E-state index in [1.165, 1.54) is 6.92 Å². The molecule has 0 radical (unpaired) electrons. The van der Waals surface area contributed by atoms with Gasteiger partial charge in [0.25, 0.3) is 5.91 Å². The van der Waals surface area contributed by atoms with Gasteiger partial charge in [0.2, 0.25) is 0 Å². The Labute approximate surface area is 151 Å². The van der Waals surface area contributed by atoms with Gasteiger partial charge in [-0.2, -0.15) is 0 Å². The fourth-order valence-corrected chi connectivity index (χ4v) is 3.21. The molecule has 0 fully saturated rings. The maximum absolute atomic E-state index is 13.5. The SMILES string of the molecule is COc1ccc2ncn(C)c2c1CNC(=O)c1ccc(C(C)F)c(C)c1. The largest absolute Gasteiger partial charge is 0.496 e. The highest BCUT2D eigenvalue weighted by Gasteiger charge is 2.15. The first kappa shape index (κ1) is 17.9. The van der Waals surface area contributed by atoms with Crippen molar-refractivity contribution in [2.45, 2.75) is 26.6 Å². The molecule has 136 valence electrons. The van der Waals surface area contributed by atoms with Crippen molar-refractivity contribution in [1.82, 2.24) is 14.9 Å². The molecule has 0 aliphatic carbocycles. The number of aromatic nitrogens is 2. The number of nitrogens with zero attached hydrogens (tertiary/aromatic N) is 2. The van der Waals surface area contributed by atoms with Gasteiger partial charge < -0.3 is 14.6 Å². The van der Waals surface area contributed by atoms with Crippen LogP contribution in [-0.2, 0) is 13.6 Å². The van der Waals surface area contributed by atoms with Crippen LogP contribution < -0.4 is 10.1 Å². The van der Waals surface area contributed by atoms with Gasteiger partial charge in [0.1, 0.15) is 11.9 Å². The van der Waals surface area contributed by atoms with Crippen LogP contribution in [0.5, 0.6) is 5.75 Å². The molecule has 0 bridgehead atoms. The number of halogens is 1. The van der Waals surface area contributed by atoms with Gasteiger partial charge in [0, 0.05) is 24.7 Å². The maximum Gasteiger partial charge on any atom is 0.251 e. The van der Waals surface area contributed by atoms with Crippen LogP contribution in [0.3, 0.4) is 0 Å². The molecule has 2 aromatic carbocycles. The van der Waals surface area contributed by atoms with Gasteiger partial charge in [0.15, 0.2) is 0 Å².